The summed E-state index contributed by atoms with van der Waals surface area (Å²) in [6.45, 7) is 6.98. The molecule has 0 aromatic heterocycles. The largest absolute Gasteiger partial charge is 0.324 e. The molecule has 2 nitrogen and oxygen atoms in total. The van der Waals surface area contributed by atoms with Crippen molar-refractivity contribution in [3.63, 3.8) is 0 Å². The standard InChI is InChI=1S/C17H25F3N2/c1-11(2)22-9-7-13(8-10-22)17(19,20)15-6-4-5-14(12(3)21)16(15)18/h4-6,11-13H,7-10,21H2,1-3H3/t12-/m1/s1. The van der Waals surface area contributed by atoms with Gasteiger partial charge in [-0.15, -0.1) is 0 Å². The van der Waals surface area contributed by atoms with Gasteiger partial charge < -0.3 is 10.6 Å². The zero-order valence-corrected chi connectivity index (χ0v) is 13.5. The molecule has 5 heteroatoms. The monoisotopic (exact) mass is 314 g/mol. The summed E-state index contributed by atoms with van der Waals surface area (Å²) < 4.78 is 44.0. The van der Waals surface area contributed by atoms with Crippen LogP contribution in [0.15, 0.2) is 18.2 Å². The van der Waals surface area contributed by atoms with Gasteiger partial charge in [0, 0.05) is 23.6 Å². The van der Waals surface area contributed by atoms with Crippen LogP contribution in [0.1, 0.15) is 50.8 Å². The Kier molecular flexibility index (Phi) is 5.17. The first-order valence-electron chi connectivity index (χ1n) is 7.91. The van der Waals surface area contributed by atoms with Crippen molar-refractivity contribution in [1.82, 2.24) is 4.90 Å². The second-order valence-electron chi connectivity index (χ2n) is 6.52. The van der Waals surface area contributed by atoms with E-state index in [9.17, 15) is 13.2 Å². The van der Waals surface area contributed by atoms with Gasteiger partial charge in [-0.1, -0.05) is 18.2 Å². The smallest absolute Gasteiger partial charge is 0.278 e. The molecule has 1 fully saturated rings. The summed E-state index contributed by atoms with van der Waals surface area (Å²) in [5, 5.41) is 0. The molecule has 1 aromatic rings. The lowest BCUT2D eigenvalue weighted by molar-refractivity contribution is -0.0900. The average molecular weight is 314 g/mol. The maximum atomic E-state index is 14.8. The highest BCUT2D eigenvalue weighted by Gasteiger charge is 2.45. The van der Waals surface area contributed by atoms with E-state index in [2.05, 4.69) is 18.7 Å². The van der Waals surface area contributed by atoms with Crippen molar-refractivity contribution in [2.75, 3.05) is 13.1 Å². The van der Waals surface area contributed by atoms with Crippen molar-refractivity contribution in [2.45, 2.75) is 51.6 Å². The first kappa shape index (κ1) is 17.3. The van der Waals surface area contributed by atoms with E-state index in [4.69, 9.17) is 5.73 Å². The number of benzene rings is 1. The van der Waals surface area contributed by atoms with Crippen molar-refractivity contribution in [3.05, 3.63) is 35.1 Å². The maximum absolute atomic E-state index is 14.8. The molecule has 0 aliphatic carbocycles. The van der Waals surface area contributed by atoms with Crippen LogP contribution in [0.5, 0.6) is 0 Å². The van der Waals surface area contributed by atoms with Gasteiger partial charge in [-0.05, 0) is 46.7 Å². The SMILES string of the molecule is CC(C)N1CCC(C(F)(F)c2cccc([C@@H](C)N)c2F)CC1. The van der Waals surface area contributed by atoms with Crippen LogP contribution in [-0.4, -0.2) is 24.0 Å². The van der Waals surface area contributed by atoms with Crippen LogP contribution in [0.25, 0.3) is 0 Å². The number of hydrogen-bond acceptors (Lipinski definition) is 2. The summed E-state index contributed by atoms with van der Waals surface area (Å²) in [4.78, 5) is 2.18. The second-order valence-corrected chi connectivity index (χ2v) is 6.52. The van der Waals surface area contributed by atoms with E-state index in [0.717, 1.165) is 0 Å². The third kappa shape index (κ3) is 3.30. The molecule has 1 aliphatic heterocycles. The van der Waals surface area contributed by atoms with Gasteiger partial charge in [0.1, 0.15) is 5.82 Å². The molecule has 0 radical (unpaired) electrons. The fourth-order valence-corrected chi connectivity index (χ4v) is 3.16. The van der Waals surface area contributed by atoms with Crippen LogP contribution < -0.4 is 5.73 Å². The lowest BCUT2D eigenvalue weighted by Gasteiger charge is -2.38. The van der Waals surface area contributed by atoms with E-state index < -0.39 is 29.3 Å². The first-order valence-corrected chi connectivity index (χ1v) is 7.91. The Morgan fingerprint density at radius 3 is 2.27 bits per heavy atom. The highest BCUT2D eigenvalue weighted by molar-refractivity contribution is 5.31. The molecule has 0 amide bonds. The van der Waals surface area contributed by atoms with Crippen molar-refractivity contribution in [3.8, 4) is 0 Å². The van der Waals surface area contributed by atoms with E-state index in [-0.39, 0.29) is 5.56 Å². The zero-order chi connectivity index (χ0) is 16.5. The summed E-state index contributed by atoms with van der Waals surface area (Å²) in [5.74, 6) is -4.83. The second kappa shape index (κ2) is 6.59. The Labute approximate surface area is 130 Å². The molecule has 1 saturated heterocycles. The predicted molar refractivity (Wildman–Crippen MR) is 82.3 cm³/mol. The number of nitrogens with zero attached hydrogens (tertiary/aromatic N) is 1. The third-order valence-corrected chi connectivity index (χ3v) is 4.65. The quantitative estimate of drug-likeness (QED) is 0.908. The van der Waals surface area contributed by atoms with Gasteiger partial charge in [-0.25, -0.2) is 13.2 Å². The predicted octanol–water partition coefficient (Wildman–Crippen LogP) is 4.06. The number of rotatable bonds is 4. The number of likely N-dealkylation sites (tertiary alicyclic amines) is 1. The Hall–Kier alpha value is -1.07. The molecule has 22 heavy (non-hydrogen) atoms. The van der Waals surface area contributed by atoms with Gasteiger partial charge in [-0.3, -0.25) is 0 Å². The number of alkyl halides is 2. The number of halogens is 3. The molecule has 1 aliphatic rings. The van der Waals surface area contributed by atoms with Crippen LogP contribution in [0.3, 0.4) is 0 Å². The van der Waals surface area contributed by atoms with Crippen molar-refractivity contribution < 1.29 is 13.2 Å². The molecule has 0 spiro atoms. The fraction of sp³-hybridized carbons (Fsp3) is 0.647. The molecule has 1 heterocycles. The molecule has 2 rings (SSSR count). The lowest BCUT2D eigenvalue weighted by Crippen LogP contribution is -2.42. The van der Waals surface area contributed by atoms with E-state index in [1.165, 1.54) is 18.2 Å². The average Bonchev–Trinajstić information content (AvgIpc) is 2.47. The van der Waals surface area contributed by atoms with Gasteiger partial charge in [0.25, 0.3) is 5.92 Å². The molecule has 1 atom stereocenters. The highest BCUT2D eigenvalue weighted by Crippen LogP contribution is 2.43. The topological polar surface area (TPSA) is 29.3 Å². The maximum Gasteiger partial charge on any atom is 0.278 e. The Balaban J connectivity index is 2.23. The zero-order valence-electron chi connectivity index (χ0n) is 13.5. The first-order chi connectivity index (χ1) is 10.2. The molecule has 124 valence electrons. The van der Waals surface area contributed by atoms with E-state index >= 15 is 0 Å². The minimum atomic E-state index is -3.15. The molecule has 1 aromatic carbocycles. The minimum absolute atomic E-state index is 0.150. The van der Waals surface area contributed by atoms with Gasteiger partial charge in [0.05, 0.1) is 5.56 Å². The Bertz CT molecular complexity index is 507. The van der Waals surface area contributed by atoms with Crippen LogP contribution in [0.2, 0.25) is 0 Å². The van der Waals surface area contributed by atoms with Crippen LogP contribution in [-0.2, 0) is 5.92 Å². The van der Waals surface area contributed by atoms with Gasteiger partial charge in [0.2, 0.25) is 0 Å². The van der Waals surface area contributed by atoms with Gasteiger partial charge >= 0.3 is 0 Å². The number of nitrogens with two attached hydrogens (primary N) is 1. The molecule has 0 saturated carbocycles. The fourth-order valence-electron chi connectivity index (χ4n) is 3.16. The summed E-state index contributed by atoms with van der Waals surface area (Å²) in [5.41, 5.74) is 5.31. The van der Waals surface area contributed by atoms with Crippen molar-refractivity contribution in [1.29, 1.82) is 0 Å². The molecular weight excluding hydrogens is 289 g/mol. The third-order valence-electron chi connectivity index (χ3n) is 4.65. The summed E-state index contributed by atoms with van der Waals surface area (Å²) in [7, 11) is 0. The minimum Gasteiger partial charge on any atom is -0.324 e. The van der Waals surface area contributed by atoms with Gasteiger partial charge in [0.15, 0.2) is 0 Å². The summed E-state index contributed by atoms with van der Waals surface area (Å²) >= 11 is 0. The Morgan fingerprint density at radius 2 is 1.77 bits per heavy atom. The van der Waals surface area contributed by atoms with Gasteiger partial charge in [-0.2, -0.15) is 0 Å². The van der Waals surface area contributed by atoms with Crippen LogP contribution in [0.4, 0.5) is 13.2 Å². The van der Waals surface area contributed by atoms with Crippen LogP contribution in [0, 0.1) is 11.7 Å². The Morgan fingerprint density at radius 1 is 1.18 bits per heavy atom. The number of piperidine rings is 1. The van der Waals surface area contributed by atoms with E-state index in [1.807, 2.05) is 0 Å². The van der Waals surface area contributed by atoms with E-state index in [1.54, 1.807) is 6.92 Å². The van der Waals surface area contributed by atoms with Crippen LogP contribution >= 0.6 is 0 Å². The number of hydrogen-bond donors (Lipinski definition) is 1. The molecule has 0 unspecified atom stereocenters. The molecule has 0 bridgehead atoms. The summed E-state index contributed by atoms with van der Waals surface area (Å²) in [6, 6.07) is 3.89. The normalized spacial score (nSPS) is 19.6. The highest BCUT2D eigenvalue weighted by atomic mass is 19.3. The molecule has 2 N–H and O–H groups in total. The van der Waals surface area contributed by atoms with E-state index in [0.29, 0.717) is 32.0 Å². The molecular formula is C17H25F3N2. The van der Waals surface area contributed by atoms with Crippen molar-refractivity contribution >= 4 is 0 Å². The lowest BCUT2D eigenvalue weighted by atomic mass is 9.85. The summed E-state index contributed by atoms with van der Waals surface area (Å²) in [6.07, 6.45) is 0.764. The van der Waals surface area contributed by atoms with Crippen molar-refractivity contribution in [2.24, 2.45) is 11.7 Å².